The molecule has 0 spiro atoms. The average Bonchev–Trinajstić information content (AvgIpc) is 3.03. The molecule has 1 saturated carbocycles. The molecule has 0 amide bonds. The second-order valence-corrected chi connectivity index (χ2v) is 7.37. The highest BCUT2D eigenvalue weighted by atomic mass is 127. The number of thiophene rings is 1. The van der Waals surface area contributed by atoms with Gasteiger partial charge in [-0.15, -0.1) is 11.3 Å². The third-order valence-corrected chi connectivity index (χ3v) is 5.65. The number of aromatic amines is 1. The van der Waals surface area contributed by atoms with E-state index in [1.807, 2.05) is 6.07 Å². The molecule has 3 nitrogen and oxygen atoms in total. The van der Waals surface area contributed by atoms with Crippen LogP contribution < -0.4 is 5.56 Å². The fraction of sp³-hybridized carbons (Fsp3) is 0.429. The Kier molecular flexibility index (Phi) is 3.75. The van der Waals surface area contributed by atoms with Gasteiger partial charge in [0.15, 0.2) is 5.82 Å². The van der Waals surface area contributed by atoms with Crippen LogP contribution in [0.5, 0.6) is 0 Å². The van der Waals surface area contributed by atoms with Gasteiger partial charge in [-0.1, -0.05) is 12.8 Å². The van der Waals surface area contributed by atoms with Crippen LogP contribution in [0.25, 0.3) is 10.7 Å². The summed E-state index contributed by atoms with van der Waals surface area (Å²) >= 11 is 3.80. The fourth-order valence-electron chi connectivity index (χ4n) is 2.62. The van der Waals surface area contributed by atoms with Gasteiger partial charge in [-0.2, -0.15) is 0 Å². The third kappa shape index (κ3) is 2.63. The number of H-pyrrole nitrogens is 1. The maximum Gasteiger partial charge on any atom is 0.264 e. The Hall–Kier alpha value is -0.690. The largest absolute Gasteiger partial charge is 0.305 e. The van der Waals surface area contributed by atoms with Crippen LogP contribution in [0.15, 0.2) is 16.9 Å². The summed E-state index contributed by atoms with van der Waals surface area (Å²) in [6.07, 6.45) is 4.83. The highest BCUT2D eigenvalue weighted by Gasteiger charge is 2.23. The molecule has 2 aromatic rings. The van der Waals surface area contributed by atoms with Crippen LogP contribution >= 0.6 is 33.9 Å². The number of nitrogens with zero attached hydrogens (tertiary/aromatic N) is 1. The lowest BCUT2D eigenvalue weighted by Gasteiger charge is -2.11. The smallest absolute Gasteiger partial charge is 0.264 e. The van der Waals surface area contributed by atoms with Crippen LogP contribution in [0.1, 0.15) is 42.2 Å². The van der Waals surface area contributed by atoms with Gasteiger partial charge in [0.2, 0.25) is 0 Å². The van der Waals surface area contributed by atoms with Crippen LogP contribution in [0.3, 0.4) is 0 Å². The molecule has 1 aliphatic rings. The zero-order chi connectivity index (χ0) is 13.4. The molecule has 2 aromatic heterocycles. The highest BCUT2D eigenvalue weighted by Crippen LogP contribution is 2.35. The number of rotatable bonds is 2. The van der Waals surface area contributed by atoms with Crippen LogP contribution in [0.2, 0.25) is 0 Å². The summed E-state index contributed by atoms with van der Waals surface area (Å²) < 4.78 is 0.765. The molecule has 0 atom stereocenters. The summed E-state index contributed by atoms with van der Waals surface area (Å²) in [6.45, 7) is 2.07. The van der Waals surface area contributed by atoms with Crippen molar-refractivity contribution in [3.8, 4) is 10.7 Å². The van der Waals surface area contributed by atoms with E-state index in [9.17, 15) is 4.79 Å². The predicted octanol–water partition coefficient (Wildman–Crippen LogP) is 4.07. The van der Waals surface area contributed by atoms with E-state index in [1.54, 1.807) is 11.3 Å². The molecule has 100 valence electrons. The van der Waals surface area contributed by atoms with Crippen molar-refractivity contribution < 1.29 is 0 Å². The molecule has 5 heteroatoms. The molecule has 0 aliphatic heterocycles. The zero-order valence-electron chi connectivity index (χ0n) is 10.7. The first kappa shape index (κ1) is 13.3. The van der Waals surface area contributed by atoms with Crippen LogP contribution in [0.4, 0.5) is 0 Å². The Bertz CT molecular complexity index is 656. The van der Waals surface area contributed by atoms with Gasteiger partial charge in [-0.3, -0.25) is 4.79 Å². The lowest BCUT2D eigenvalue weighted by atomic mass is 10.0. The standard InChI is InChI=1S/C14H15IN2OS/c1-8-6-7-10(19-8)13-16-12(9-4-2-3-5-9)11(15)14(18)17-13/h6-7,9H,2-5H2,1H3,(H,16,17,18). The Morgan fingerprint density at radius 2 is 2.11 bits per heavy atom. The van der Waals surface area contributed by atoms with Crippen molar-refractivity contribution in [1.29, 1.82) is 0 Å². The van der Waals surface area contributed by atoms with E-state index in [0.717, 1.165) is 32.8 Å². The van der Waals surface area contributed by atoms with Gasteiger partial charge in [-0.25, -0.2) is 4.98 Å². The number of hydrogen-bond acceptors (Lipinski definition) is 3. The van der Waals surface area contributed by atoms with Crippen molar-refractivity contribution >= 4 is 33.9 Å². The zero-order valence-corrected chi connectivity index (χ0v) is 13.7. The first-order chi connectivity index (χ1) is 9.15. The minimum Gasteiger partial charge on any atom is -0.305 e. The minimum atomic E-state index is -0.00134. The quantitative estimate of drug-likeness (QED) is 0.791. The summed E-state index contributed by atoms with van der Waals surface area (Å²) in [5.74, 6) is 1.19. The third-order valence-electron chi connectivity index (χ3n) is 3.60. The molecule has 2 heterocycles. The number of aryl methyl sites for hydroxylation is 1. The van der Waals surface area contributed by atoms with Gasteiger partial charge in [0.05, 0.1) is 10.6 Å². The monoisotopic (exact) mass is 386 g/mol. The van der Waals surface area contributed by atoms with E-state index in [1.165, 1.54) is 17.7 Å². The van der Waals surface area contributed by atoms with Gasteiger partial charge in [0.25, 0.3) is 5.56 Å². The van der Waals surface area contributed by atoms with Crippen molar-refractivity contribution in [2.24, 2.45) is 0 Å². The normalized spacial score (nSPS) is 16.1. The average molecular weight is 386 g/mol. The van der Waals surface area contributed by atoms with Crippen molar-refractivity contribution in [2.45, 2.75) is 38.5 Å². The summed E-state index contributed by atoms with van der Waals surface area (Å²) in [5, 5.41) is 0. The van der Waals surface area contributed by atoms with E-state index in [2.05, 4.69) is 40.6 Å². The van der Waals surface area contributed by atoms with Crippen LogP contribution in [-0.4, -0.2) is 9.97 Å². The topological polar surface area (TPSA) is 45.8 Å². The maximum absolute atomic E-state index is 12.1. The minimum absolute atomic E-state index is 0.00134. The van der Waals surface area contributed by atoms with Crippen molar-refractivity contribution in [1.82, 2.24) is 9.97 Å². The predicted molar refractivity (Wildman–Crippen MR) is 86.8 cm³/mol. The lowest BCUT2D eigenvalue weighted by Crippen LogP contribution is -2.17. The van der Waals surface area contributed by atoms with Crippen LogP contribution in [-0.2, 0) is 0 Å². The summed E-state index contributed by atoms with van der Waals surface area (Å²) in [5.41, 5.74) is 1.00. The molecule has 1 fully saturated rings. The van der Waals surface area contributed by atoms with Gasteiger partial charge in [-0.05, 0) is 54.5 Å². The van der Waals surface area contributed by atoms with Gasteiger partial charge in [0, 0.05) is 10.8 Å². The first-order valence-corrected chi connectivity index (χ1v) is 8.41. The maximum atomic E-state index is 12.1. The first-order valence-electron chi connectivity index (χ1n) is 6.51. The van der Waals surface area contributed by atoms with Gasteiger partial charge in [0.1, 0.15) is 3.57 Å². The van der Waals surface area contributed by atoms with Crippen molar-refractivity contribution in [3.63, 3.8) is 0 Å². The molecular weight excluding hydrogens is 371 g/mol. The van der Waals surface area contributed by atoms with E-state index < -0.39 is 0 Å². The van der Waals surface area contributed by atoms with Crippen molar-refractivity contribution in [3.05, 3.63) is 36.6 Å². The molecule has 0 radical (unpaired) electrons. The number of halogens is 1. The SMILES string of the molecule is Cc1ccc(-c2nc(C3CCCC3)c(I)c(=O)[nH]2)s1. The Balaban J connectivity index is 2.09. The molecule has 0 aromatic carbocycles. The summed E-state index contributed by atoms with van der Waals surface area (Å²) in [4.78, 5) is 22.0. The van der Waals surface area contributed by atoms with Gasteiger partial charge < -0.3 is 4.98 Å². The Morgan fingerprint density at radius 3 is 2.74 bits per heavy atom. The molecule has 0 unspecified atom stereocenters. The second-order valence-electron chi connectivity index (χ2n) is 5.01. The van der Waals surface area contributed by atoms with E-state index in [0.29, 0.717) is 5.92 Å². The molecule has 1 aliphatic carbocycles. The molecule has 19 heavy (non-hydrogen) atoms. The molecule has 0 saturated heterocycles. The molecule has 1 N–H and O–H groups in total. The van der Waals surface area contributed by atoms with E-state index in [-0.39, 0.29) is 5.56 Å². The van der Waals surface area contributed by atoms with E-state index >= 15 is 0 Å². The number of hydrogen-bond donors (Lipinski definition) is 1. The number of aromatic nitrogens is 2. The van der Waals surface area contributed by atoms with E-state index in [4.69, 9.17) is 4.98 Å². The summed E-state index contributed by atoms with van der Waals surface area (Å²) in [7, 11) is 0. The van der Waals surface area contributed by atoms with Crippen molar-refractivity contribution in [2.75, 3.05) is 0 Å². The highest BCUT2D eigenvalue weighted by molar-refractivity contribution is 14.1. The number of nitrogens with one attached hydrogen (secondary N) is 1. The second kappa shape index (κ2) is 5.36. The Morgan fingerprint density at radius 1 is 1.37 bits per heavy atom. The van der Waals surface area contributed by atoms with Crippen LogP contribution in [0, 0.1) is 10.5 Å². The molecule has 3 rings (SSSR count). The molecule has 0 bridgehead atoms. The summed E-state index contributed by atoms with van der Waals surface area (Å²) in [6, 6.07) is 4.09. The molecular formula is C14H15IN2OS. The van der Waals surface area contributed by atoms with Gasteiger partial charge >= 0.3 is 0 Å². The lowest BCUT2D eigenvalue weighted by molar-refractivity contribution is 0.688. The fourth-order valence-corrected chi connectivity index (χ4v) is 4.13. The Labute approximate surface area is 129 Å².